The minimum atomic E-state index is -1.69. The van der Waals surface area contributed by atoms with E-state index in [1.165, 1.54) is 40.2 Å². The van der Waals surface area contributed by atoms with Crippen molar-refractivity contribution in [2.75, 3.05) is 37.2 Å². The summed E-state index contributed by atoms with van der Waals surface area (Å²) >= 11 is 7.76. The molecule has 0 bridgehead atoms. The number of methoxy groups -OCH3 is 2. The van der Waals surface area contributed by atoms with Crippen LogP contribution in [0.5, 0.6) is 11.5 Å². The normalized spacial score (nSPS) is 23.5. The number of thioether (sulfide) groups is 4. The van der Waals surface area contributed by atoms with E-state index in [-0.39, 0.29) is 36.1 Å². The highest BCUT2D eigenvalue weighted by Gasteiger charge is 2.66. The molecule has 8 aromatic carbocycles. The van der Waals surface area contributed by atoms with Gasteiger partial charge in [-0.05, 0) is 141 Å². The van der Waals surface area contributed by atoms with Crippen molar-refractivity contribution in [2.24, 2.45) is 11.8 Å². The van der Waals surface area contributed by atoms with Crippen molar-refractivity contribution in [3.8, 4) is 11.5 Å². The van der Waals surface area contributed by atoms with Crippen molar-refractivity contribution in [3.05, 3.63) is 274 Å². The van der Waals surface area contributed by atoms with Gasteiger partial charge in [0.1, 0.15) is 33.9 Å². The molecule has 0 spiro atoms. The van der Waals surface area contributed by atoms with Crippen LogP contribution in [-0.2, 0) is 76.6 Å². The molecule has 4 aliphatic heterocycles. The maximum atomic E-state index is 13.5. The van der Waals surface area contributed by atoms with Crippen LogP contribution in [0.15, 0.2) is 218 Å². The van der Waals surface area contributed by atoms with E-state index in [4.69, 9.17) is 37.9 Å². The third-order valence-corrected chi connectivity index (χ3v) is 24.4. The van der Waals surface area contributed by atoms with Gasteiger partial charge in [0.15, 0.2) is 6.10 Å². The van der Waals surface area contributed by atoms with Gasteiger partial charge in [0.25, 0.3) is 0 Å². The van der Waals surface area contributed by atoms with Crippen LogP contribution in [0, 0.1) is 11.8 Å². The number of benzene rings is 8. The van der Waals surface area contributed by atoms with Crippen molar-refractivity contribution < 1.29 is 47.8 Å². The molecule has 496 valence electrons. The lowest BCUT2D eigenvalue weighted by Crippen LogP contribution is -2.69. The predicted molar refractivity (Wildman–Crippen MR) is 387 cm³/mol. The quantitative estimate of drug-likeness (QED) is 0.0613. The molecular formula is C80H92O10S4. The van der Waals surface area contributed by atoms with Crippen LogP contribution in [0.4, 0.5) is 0 Å². The minimum absolute atomic E-state index is 0.00468. The van der Waals surface area contributed by atoms with Crippen LogP contribution in [0.2, 0.25) is 0 Å². The Hall–Kier alpha value is -6.01. The highest BCUT2D eigenvalue weighted by Crippen LogP contribution is 2.62. The molecule has 0 aromatic heterocycles. The fraction of sp³-hybridized carbons (Fsp3) is 0.388. The molecule has 0 saturated carbocycles. The number of carbonyl (C=O) groups excluding carboxylic acids is 1. The third-order valence-electron chi connectivity index (χ3n) is 17.9. The van der Waals surface area contributed by atoms with Crippen molar-refractivity contribution in [1.82, 2.24) is 0 Å². The largest absolute Gasteiger partial charge is 0.497 e. The van der Waals surface area contributed by atoms with Gasteiger partial charge in [0.05, 0.1) is 57.4 Å². The van der Waals surface area contributed by atoms with Crippen molar-refractivity contribution in [3.63, 3.8) is 0 Å². The lowest BCUT2D eigenvalue weighted by molar-refractivity contribution is -0.357. The van der Waals surface area contributed by atoms with Gasteiger partial charge in [-0.2, -0.15) is 0 Å². The number of hydrogen-bond acceptors (Lipinski definition) is 14. The Morgan fingerprint density at radius 3 is 1.40 bits per heavy atom. The number of ether oxygens (including phenoxy) is 8. The zero-order valence-corrected chi connectivity index (χ0v) is 58.4. The Morgan fingerprint density at radius 2 is 0.894 bits per heavy atom. The molecule has 12 rings (SSSR count). The van der Waals surface area contributed by atoms with E-state index in [0.29, 0.717) is 31.0 Å². The molecule has 14 heteroatoms. The summed E-state index contributed by atoms with van der Waals surface area (Å²) < 4.78 is 48.9. The van der Waals surface area contributed by atoms with Gasteiger partial charge in [0.2, 0.25) is 5.79 Å². The summed E-state index contributed by atoms with van der Waals surface area (Å²) in [5.74, 6) is 4.18. The topological polar surface area (TPSA) is 111 Å². The van der Waals surface area contributed by atoms with E-state index < -0.39 is 28.2 Å². The Kier molecular flexibility index (Phi) is 27.0. The lowest BCUT2D eigenvalue weighted by atomic mass is 9.81. The summed E-state index contributed by atoms with van der Waals surface area (Å²) in [5, 5.41) is 13.5. The molecule has 9 atom stereocenters. The number of cyclic esters (lactones) is 1. The van der Waals surface area contributed by atoms with Crippen LogP contribution < -0.4 is 9.47 Å². The number of hydrogen-bond donors (Lipinski definition) is 1. The minimum Gasteiger partial charge on any atom is -0.497 e. The van der Waals surface area contributed by atoms with Gasteiger partial charge in [-0.3, -0.25) is 0 Å². The monoisotopic (exact) mass is 1340 g/mol. The van der Waals surface area contributed by atoms with Gasteiger partial charge in [0, 0.05) is 11.8 Å². The van der Waals surface area contributed by atoms with Gasteiger partial charge >= 0.3 is 5.97 Å². The number of aliphatic hydroxyl groups is 1. The van der Waals surface area contributed by atoms with E-state index in [1.807, 2.05) is 128 Å². The number of carbonyl (C=O) groups is 1. The molecule has 4 fully saturated rings. The first-order valence-electron chi connectivity index (χ1n) is 33.2. The Morgan fingerprint density at radius 1 is 0.468 bits per heavy atom. The molecule has 0 radical (unpaired) electrons. The first-order chi connectivity index (χ1) is 46.0. The van der Waals surface area contributed by atoms with Gasteiger partial charge < -0.3 is 43.0 Å². The number of rotatable bonds is 23. The van der Waals surface area contributed by atoms with E-state index in [0.717, 1.165) is 88.5 Å². The summed E-state index contributed by atoms with van der Waals surface area (Å²) in [6.07, 6.45) is 3.08. The van der Waals surface area contributed by atoms with Crippen LogP contribution in [0.1, 0.15) is 114 Å². The number of esters is 1. The molecule has 4 saturated heterocycles. The summed E-state index contributed by atoms with van der Waals surface area (Å²) in [5.41, 5.74) is 11.9. The molecule has 4 heterocycles. The second-order valence-corrected chi connectivity index (χ2v) is 29.9. The maximum Gasteiger partial charge on any atom is 0.338 e. The summed E-state index contributed by atoms with van der Waals surface area (Å²) in [4.78, 5) is 12.5. The second-order valence-electron chi connectivity index (χ2n) is 24.3. The Labute approximate surface area is 575 Å². The standard InChI is InChI=1S/C40H46O5S2.C22H26O4.C18H20OS2/c1-4-36-29(2)37(43-27-31-14-7-5-8-15-31)38(44-28-32-16-9-6-10-17-32)39(41,45-36)40(46-24-13-25-47-40)35-19-12-11-18-33(35)26-30-20-22-34(42-3)23-21-30;1-3-19-16(2)20(24-14-17-10-6-4-7-11-17)21(22(23)26-19)25-15-18-12-8-5-9-13-18;1-19-16-9-7-14(8-10-16)13-15-5-2-3-6-17(15)18-20-11-4-12-21-18/h5-12,14-23,29,36-38,41H,4,13,24-28H2,1-3H3;4-13,16,19-21H,3,14-15H2,1-2H3;2-3,5-10,18H,4,11-13H2,1H3/t29-,36-,37+,38-,39-;16-,19-,20+,21-;/m11./s1. The van der Waals surface area contributed by atoms with E-state index in [1.54, 1.807) is 37.7 Å². The summed E-state index contributed by atoms with van der Waals surface area (Å²) in [6.45, 7) is 9.96. The molecular weight excluding hydrogens is 1250 g/mol. The smallest absolute Gasteiger partial charge is 0.338 e. The van der Waals surface area contributed by atoms with Crippen molar-refractivity contribution in [1.29, 1.82) is 0 Å². The lowest BCUT2D eigenvalue weighted by Gasteiger charge is -2.58. The third kappa shape index (κ3) is 18.3. The van der Waals surface area contributed by atoms with Crippen LogP contribution in [0.3, 0.4) is 0 Å². The first kappa shape index (κ1) is 70.8. The first-order valence-corrected chi connectivity index (χ1v) is 37.3. The Balaban J connectivity index is 0.000000172. The zero-order valence-electron chi connectivity index (χ0n) is 55.1. The summed E-state index contributed by atoms with van der Waals surface area (Å²) in [7, 11) is 3.40. The van der Waals surface area contributed by atoms with E-state index in [9.17, 15) is 9.90 Å². The molecule has 1 N–H and O–H groups in total. The zero-order chi connectivity index (χ0) is 65.5. The highest BCUT2D eigenvalue weighted by atomic mass is 32.2. The van der Waals surface area contributed by atoms with Crippen molar-refractivity contribution in [2.45, 2.75) is 144 Å². The molecule has 0 unspecified atom stereocenters. The molecule has 10 nitrogen and oxygen atoms in total. The SMILES string of the molecule is CC[C@H]1OC(=O)[C@H](OCc2ccccc2)[C@@H](OCc2ccccc2)[C@@H]1C.CC[C@H]1O[C@@](O)(C2(c3ccccc3Cc3ccc(OC)cc3)SCCCS2)[C@H](OCc2ccccc2)[C@@H](OCc2ccccc2)[C@@H]1C.COc1ccc(Cc2ccccc2C2SCCCS2)cc1. The highest BCUT2D eigenvalue weighted by molar-refractivity contribution is 8.18. The molecule has 8 aromatic rings. The average molecular weight is 1340 g/mol. The maximum absolute atomic E-state index is 13.5. The van der Waals surface area contributed by atoms with Crippen LogP contribution >= 0.6 is 47.0 Å². The van der Waals surface area contributed by atoms with E-state index in [2.05, 4.69) is 141 Å². The van der Waals surface area contributed by atoms with Gasteiger partial charge in [-0.25, -0.2) is 4.79 Å². The fourth-order valence-corrected chi connectivity index (χ4v) is 19.4. The molecule has 0 amide bonds. The summed E-state index contributed by atoms with van der Waals surface area (Å²) in [6, 6.07) is 74.3. The molecule has 0 aliphatic carbocycles. The Bertz CT molecular complexity index is 3500. The molecule has 94 heavy (non-hydrogen) atoms. The predicted octanol–water partition coefficient (Wildman–Crippen LogP) is 17.9. The van der Waals surface area contributed by atoms with Crippen LogP contribution in [0.25, 0.3) is 0 Å². The molecule has 4 aliphatic rings. The average Bonchev–Trinajstić information content (AvgIpc) is 0.711. The van der Waals surface area contributed by atoms with Crippen molar-refractivity contribution >= 4 is 53.0 Å². The second kappa shape index (κ2) is 35.8. The fourth-order valence-electron chi connectivity index (χ4n) is 12.7. The van der Waals surface area contributed by atoms with E-state index >= 15 is 0 Å². The van der Waals surface area contributed by atoms with Crippen LogP contribution in [-0.4, -0.2) is 90.7 Å². The van der Waals surface area contributed by atoms with Gasteiger partial charge in [-0.15, -0.1) is 47.0 Å². The van der Waals surface area contributed by atoms with Gasteiger partial charge in [-0.1, -0.05) is 222 Å².